The Labute approximate surface area is 118 Å². The summed E-state index contributed by atoms with van der Waals surface area (Å²) in [5.41, 5.74) is 7.76. The fourth-order valence-corrected chi connectivity index (χ4v) is 2.75. The molecule has 0 aromatic heterocycles. The molecule has 1 atom stereocenters. The van der Waals surface area contributed by atoms with Gasteiger partial charge in [0.15, 0.2) is 0 Å². The van der Waals surface area contributed by atoms with Crippen LogP contribution in [0.2, 0.25) is 5.02 Å². The monoisotopic (exact) mass is 281 g/mol. The van der Waals surface area contributed by atoms with Crippen LogP contribution in [0.15, 0.2) is 18.2 Å². The highest BCUT2D eigenvalue weighted by molar-refractivity contribution is 6.30. The van der Waals surface area contributed by atoms with E-state index in [-0.39, 0.29) is 11.8 Å². The molecule has 1 aliphatic rings. The molecule has 1 saturated heterocycles. The fraction of sp³-hybridized carbons (Fsp3) is 0.500. The Kier molecular flexibility index (Phi) is 4.66. The van der Waals surface area contributed by atoms with E-state index in [9.17, 15) is 4.79 Å². The molecular weight excluding hydrogens is 262 g/mol. The van der Waals surface area contributed by atoms with Crippen molar-refractivity contribution in [1.29, 1.82) is 0 Å². The SMILES string of the molecule is CNC(=O)C1CCCN(Cc2ccc(Cl)cc2N)C1. The predicted molar refractivity (Wildman–Crippen MR) is 77.9 cm³/mol. The summed E-state index contributed by atoms with van der Waals surface area (Å²) < 4.78 is 0. The summed E-state index contributed by atoms with van der Waals surface area (Å²) in [7, 11) is 1.69. The molecule has 4 nitrogen and oxygen atoms in total. The number of benzene rings is 1. The molecule has 1 aromatic carbocycles. The summed E-state index contributed by atoms with van der Waals surface area (Å²) in [5, 5.41) is 3.39. The van der Waals surface area contributed by atoms with Crippen molar-refractivity contribution < 1.29 is 4.79 Å². The van der Waals surface area contributed by atoms with Gasteiger partial charge in [-0.2, -0.15) is 0 Å². The molecule has 0 radical (unpaired) electrons. The Bertz CT molecular complexity index is 464. The molecule has 1 heterocycles. The van der Waals surface area contributed by atoms with E-state index in [1.165, 1.54) is 0 Å². The smallest absolute Gasteiger partial charge is 0.224 e. The molecule has 1 unspecified atom stereocenters. The molecule has 3 N–H and O–H groups in total. The number of nitrogens with zero attached hydrogens (tertiary/aromatic N) is 1. The normalized spacial score (nSPS) is 20.2. The van der Waals surface area contributed by atoms with Crippen LogP contribution in [0, 0.1) is 5.92 Å². The number of likely N-dealkylation sites (tertiary alicyclic amines) is 1. The average molecular weight is 282 g/mol. The molecule has 1 amide bonds. The van der Waals surface area contributed by atoms with Gasteiger partial charge in [-0.1, -0.05) is 17.7 Å². The number of amides is 1. The number of piperidine rings is 1. The Morgan fingerprint density at radius 2 is 2.37 bits per heavy atom. The molecule has 1 aliphatic heterocycles. The number of nitrogen functional groups attached to an aromatic ring is 1. The van der Waals surface area contributed by atoms with Gasteiger partial charge in [-0.15, -0.1) is 0 Å². The third-order valence-corrected chi connectivity index (χ3v) is 3.86. The number of hydrogen-bond acceptors (Lipinski definition) is 3. The number of rotatable bonds is 3. The summed E-state index contributed by atoms with van der Waals surface area (Å²) in [6.07, 6.45) is 2.01. The number of carbonyl (C=O) groups is 1. The third kappa shape index (κ3) is 3.61. The lowest BCUT2D eigenvalue weighted by Gasteiger charge is -2.32. The first-order valence-electron chi connectivity index (χ1n) is 6.58. The number of nitrogens with one attached hydrogen (secondary N) is 1. The standard InChI is InChI=1S/C14H20ClN3O/c1-17-14(19)11-3-2-6-18(9-11)8-10-4-5-12(15)7-13(10)16/h4-5,7,11H,2-3,6,8-9,16H2,1H3,(H,17,19). The summed E-state index contributed by atoms with van der Waals surface area (Å²) in [4.78, 5) is 14.0. The fourth-order valence-electron chi connectivity index (χ4n) is 2.57. The van der Waals surface area contributed by atoms with E-state index >= 15 is 0 Å². The van der Waals surface area contributed by atoms with Crippen LogP contribution in [-0.2, 0) is 11.3 Å². The molecule has 0 spiro atoms. The molecule has 2 rings (SSSR count). The Morgan fingerprint density at radius 3 is 3.05 bits per heavy atom. The lowest BCUT2D eigenvalue weighted by Crippen LogP contribution is -2.41. The van der Waals surface area contributed by atoms with Crippen LogP contribution in [0.4, 0.5) is 5.69 Å². The Hall–Kier alpha value is -1.26. The molecule has 1 aromatic rings. The van der Waals surface area contributed by atoms with Crippen LogP contribution in [0.5, 0.6) is 0 Å². The first-order valence-corrected chi connectivity index (χ1v) is 6.96. The second kappa shape index (κ2) is 6.26. The molecule has 1 fully saturated rings. The highest BCUT2D eigenvalue weighted by atomic mass is 35.5. The summed E-state index contributed by atoms with van der Waals surface area (Å²) in [5.74, 6) is 0.223. The van der Waals surface area contributed by atoms with Gasteiger partial charge < -0.3 is 11.1 Å². The van der Waals surface area contributed by atoms with Gasteiger partial charge in [-0.05, 0) is 37.1 Å². The third-order valence-electron chi connectivity index (χ3n) is 3.62. The maximum atomic E-state index is 11.7. The van der Waals surface area contributed by atoms with Crippen LogP contribution in [0.1, 0.15) is 18.4 Å². The van der Waals surface area contributed by atoms with Gasteiger partial charge in [0.05, 0.1) is 5.92 Å². The molecule has 19 heavy (non-hydrogen) atoms. The average Bonchev–Trinajstić information content (AvgIpc) is 2.41. The highest BCUT2D eigenvalue weighted by Gasteiger charge is 2.25. The molecule has 0 saturated carbocycles. The minimum absolute atomic E-state index is 0.0901. The maximum absolute atomic E-state index is 11.7. The van der Waals surface area contributed by atoms with E-state index in [4.69, 9.17) is 17.3 Å². The lowest BCUT2D eigenvalue weighted by atomic mass is 9.96. The van der Waals surface area contributed by atoms with E-state index in [1.807, 2.05) is 12.1 Å². The van der Waals surface area contributed by atoms with Crippen LogP contribution in [-0.4, -0.2) is 30.9 Å². The van der Waals surface area contributed by atoms with Crippen molar-refractivity contribution in [2.75, 3.05) is 25.9 Å². The van der Waals surface area contributed by atoms with Crippen LogP contribution < -0.4 is 11.1 Å². The van der Waals surface area contributed by atoms with Crippen molar-refractivity contribution in [3.8, 4) is 0 Å². The second-order valence-corrected chi connectivity index (χ2v) is 5.47. The van der Waals surface area contributed by atoms with Gasteiger partial charge in [0.1, 0.15) is 0 Å². The predicted octanol–water partition coefficient (Wildman–Crippen LogP) is 1.88. The molecular formula is C14H20ClN3O. The Balaban J connectivity index is 2.00. The largest absolute Gasteiger partial charge is 0.398 e. The minimum Gasteiger partial charge on any atom is -0.398 e. The minimum atomic E-state index is 0.0901. The summed E-state index contributed by atoms with van der Waals surface area (Å²) in [6.45, 7) is 2.58. The van der Waals surface area contributed by atoms with Crippen molar-refractivity contribution >= 4 is 23.2 Å². The second-order valence-electron chi connectivity index (χ2n) is 5.03. The van der Waals surface area contributed by atoms with Crippen molar-refractivity contribution in [2.45, 2.75) is 19.4 Å². The van der Waals surface area contributed by atoms with E-state index < -0.39 is 0 Å². The van der Waals surface area contributed by atoms with Gasteiger partial charge in [0, 0.05) is 30.8 Å². The first kappa shape index (κ1) is 14.2. The van der Waals surface area contributed by atoms with Gasteiger partial charge >= 0.3 is 0 Å². The zero-order valence-electron chi connectivity index (χ0n) is 11.2. The molecule has 5 heteroatoms. The van der Waals surface area contributed by atoms with Gasteiger partial charge in [0.2, 0.25) is 5.91 Å². The lowest BCUT2D eigenvalue weighted by molar-refractivity contribution is -0.126. The summed E-state index contributed by atoms with van der Waals surface area (Å²) >= 11 is 5.90. The quantitative estimate of drug-likeness (QED) is 0.832. The van der Waals surface area contributed by atoms with Gasteiger partial charge in [0.25, 0.3) is 0 Å². The zero-order chi connectivity index (χ0) is 13.8. The molecule has 104 valence electrons. The zero-order valence-corrected chi connectivity index (χ0v) is 11.9. The number of nitrogens with two attached hydrogens (primary N) is 1. The van der Waals surface area contributed by atoms with Crippen LogP contribution >= 0.6 is 11.6 Å². The van der Waals surface area contributed by atoms with Crippen LogP contribution in [0.25, 0.3) is 0 Å². The van der Waals surface area contributed by atoms with E-state index in [0.717, 1.165) is 43.7 Å². The first-order chi connectivity index (χ1) is 9.10. The van der Waals surface area contributed by atoms with E-state index in [0.29, 0.717) is 5.02 Å². The topological polar surface area (TPSA) is 58.4 Å². The van der Waals surface area contributed by atoms with Crippen LogP contribution in [0.3, 0.4) is 0 Å². The number of halogens is 1. The maximum Gasteiger partial charge on any atom is 0.224 e. The van der Waals surface area contributed by atoms with Crippen molar-refractivity contribution in [1.82, 2.24) is 10.2 Å². The van der Waals surface area contributed by atoms with Crippen molar-refractivity contribution in [3.05, 3.63) is 28.8 Å². The van der Waals surface area contributed by atoms with Crippen molar-refractivity contribution in [3.63, 3.8) is 0 Å². The number of hydrogen-bond donors (Lipinski definition) is 2. The Morgan fingerprint density at radius 1 is 1.58 bits per heavy atom. The van der Waals surface area contributed by atoms with E-state index in [2.05, 4.69) is 10.2 Å². The van der Waals surface area contributed by atoms with Gasteiger partial charge in [-0.25, -0.2) is 0 Å². The molecule has 0 bridgehead atoms. The number of carbonyl (C=O) groups excluding carboxylic acids is 1. The molecule has 0 aliphatic carbocycles. The summed E-state index contributed by atoms with van der Waals surface area (Å²) in [6, 6.07) is 5.59. The van der Waals surface area contributed by atoms with E-state index in [1.54, 1.807) is 13.1 Å². The van der Waals surface area contributed by atoms with Gasteiger partial charge in [-0.3, -0.25) is 9.69 Å². The number of anilines is 1. The highest BCUT2D eigenvalue weighted by Crippen LogP contribution is 2.23. The van der Waals surface area contributed by atoms with Crippen molar-refractivity contribution in [2.24, 2.45) is 5.92 Å².